The Morgan fingerprint density at radius 1 is 1.29 bits per heavy atom. The van der Waals surface area contributed by atoms with Gasteiger partial charge in [-0.1, -0.05) is 36.7 Å². The van der Waals surface area contributed by atoms with Crippen molar-refractivity contribution in [2.24, 2.45) is 16.6 Å². The Bertz CT molecular complexity index is 576. The molecule has 2 N–H and O–H groups in total. The molecule has 1 aromatic carbocycles. The highest BCUT2D eigenvalue weighted by Crippen LogP contribution is 2.39. The van der Waals surface area contributed by atoms with Gasteiger partial charge in [-0.3, -0.25) is 4.99 Å². The largest absolute Gasteiger partial charge is 0.381 e. The number of nitrogens with zero attached hydrogens (tertiary/aromatic N) is 2. The molecule has 5 heteroatoms. The van der Waals surface area contributed by atoms with Gasteiger partial charge in [0.2, 0.25) is 0 Å². The van der Waals surface area contributed by atoms with Crippen LogP contribution < -0.4 is 5.73 Å². The molecule has 0 amide bonds. The maximum Gasteiger partial charge on any atom is 0.191 e. The molecule has 132 valence electrons. The molecule has 4 nitrogen and oxygen atoms in total. The van der Waals surface area contributed by atoms with Crippen LogP contribution in [0.2, 0.25) is 5.02 Å². The van der Waals surface area contributed by atoms with E-state index in [2.05, 4.69) is 24.0 Å². The van der Waals surface area contributed by atoms with Crippen LogP contribution in [0.1, 0.15) is 38.2 Å². The lowest BCUT2D eigenvalue weighted by Gasteiger charge is -2.38. The molecule has 2 fully saturated rings. The van der Waals surface area contributed by atoms with Gasteiger partial charge < -0.3 is 15.4 Å². The molecule has 0 saturated carbocycles. The molecule has 0 spiro atoms. The number of nitrogens with two attached hydrogens (primary N) is 1. The number of halogens is 1. The highest BCUT2D eigenvalue weighted by atomic mass is 35.5. The summed E-state index contributed by atoms with van der Waals surface area (Å²) in [4.78, 5) is 7.01. The summed E-state index contributed by atoms with van der Waals surface area (Å²) < 4.78 is 5.59. The van der Waals surface area contributed by atoms with Crippen LogP contribution in [0.5, 0.6) is 0 Å². The highest BCUT2D eigenvalue weighted by Gasteiger charge is 2.36. The molecule has 0 aromatic heterocycles. The summed E-state index contributed by atoms with van der Waals surface area (Å²) >= 11 is 6.50. The predicted molar refractivity (Wildman–Crippen MR) is 99.6 cm³/mol. The van der Waals surface area contributed by atoms with Gasteiger partial charge in [0, 0.05) is 36.7 Å². The third-order valence-corrected chi connectivity index (χ3v) is 5.88. The maximum absolute atomic E-state index is 6.50. The molecule has 0 aliphatic carbocycles. The number of hydrogen-bond donors (Lipinski definition) is 1. The van der Waals surface area contributed by atoms with E-state index in [-0.39, 0.29) is 5.41 Å². The zero-order chi connectivity index (χ0) is 17.0. The second-order valence-corrected chi connectivity index (χ2v) is 7.62. The predicted octanol–water partition coefficient (Wildman–Crippen LogP) is 3.43. The average Bonchev–Trinajstić information content (AvgIpc) is 2.61. The Morgan fingerprint density at radius 3 is 2.62 bits per heavy atom. The number of guanidine groups is 1. The van der Waals surface area contributed by atoms with Gasteiger partial charge in [0.15, 0.2) is 5.96 Å². The number of piperidine rings is 1. The molecule has 1 aromatic rings. The number of likely N-dealkylation sites (tertiary alicyclic amines) is 1. The van der Waals surface area contributed by atoms with Gasteiger partial charge in [-0.05, 0) is 43.2 Å². The van der Waals surface area contributed by atoms with E-state index in [1.54, 1.807) is 0 Å². The van der Waals surface area contributed by atoms with Crippen LogP contribution in [0.3, 0.4) is 0 Å². The number of ether oxygens (including phenoxy) is 1. The first-order valence-electron chi connectivity index (χ1n) is 8.98. The van der Waals surface area contributed by atoms with E-state index in [4.69, 9.17) is 27.1 Å². The standard InChI is InChI=1S/C19H28ClN3O/c1-15-6-10-23(11-7-15)18(21)22-14-19(8-12-24-13-9-19)16-4-2-3-5-17(16)20/h2-5,15H,6-14H2,1H3,(H2,21,22). The second-order valence-electron chi connectivity index (χ2n) is 7.22. The Labute approximate surface area is 150 Å². The van der Waals surface area contributed by atoms with E-state index in [1.807, 2.05) is 12.1 Å². The van der Waals surface area contributed by atoms with Crippen molar-refractivity contribution in [2.45, 2.75) is 38.0 Å². The van der Waals surface area contributed by atoms with E-state index in [1.165, 1.54) is 18.4 Å². The van der Waals surface area contributed by atoms with Crippen molar-refractivity contribution >= 4 is 17.6 Å². The zero-order valence-corrected chi connectivity index (χ0v) is 15.3. The first-order valence-corrected chi connectivity index (χ1v) is 9.36. The lowest BCUT2D eigenvalue weighted by molar-refractivity contribution is 0.0530. The normalized spacial score (nSPS) is 22.6. The van der Waals surface area contributed by atoms with Crippen LogP contribution >= 0.6 is 11.6 Å². The molecule has 2 heterocycles. The molecule has 2 aliphatic heterocycles. The summed E-state index contributed by atoms with van der Waals surface area (Å²) in [6.45, 7) is 6.51. The molecule has 2 saturated heterocycles. The molecule has 0 atom stereocenters. The molecule has 24 heavy (non-hydrogen) atoms. The summed E-state index contributed by atoms with van der Waals surface area (Å²) in [5.74, 6) is 1.47. The Balaban J connectivity index is 1.78. The molecule has 0 unspecified atom stereocenters. The lowest BCUT2D eigenvalue weighted by atomic mass is 9.74. The van der Waals surface area contributed by atoms with Crippen LogP contribution in [0.4, 0.5) is 0 Å². The first-order chi connectivity index (χ1) is 11.6. The summed E-state index contributed by atoms with van der Waals surface area (Å²) in [7, 11) is 0. The summed E-state index contributed by atoms with van der Waals surface area (Å²) in [5, 5.41) is 0.819. The summed E-state index contributed by atoms with van der Waals surface area (Å²) in [6, 6.07) is 8.12. The third-order valence-electron chi connectivity index (χ3n) is 5.55. The Morgan fingerprint density at radius 2 is 1.96 bits per heavy atom. The van der Waals surface area contributed by atoms with Gasteiger partial charge in [0.1, 0.15) is 0 Å². The van der Waals surface area contributed by atoms with E-state index in [0.717, 1.165) is 50.1 Å². The first kappa shape index (κ1) is 17.6. The fourth-order valence-corrected chi connectivity index (χ4v) is 4.07. The van der Waals surface area contributed by atoms with Gasteiger partial charge >= 0.3 is 0 Å². The minimum absolute atomic E-state index is 0.0652. The molecule has 0 radical (unpaired) electrons. The van der Waals surface area contributed by atoms with E-state index < -0.39 is 0 Å². The van der Waals surface area contributed by atoms with E-state index in [0.29, 0.717) is 12.5 Å². The van der Waals surface area contributed by atoms with Crippen molar-refractivity contribution in [1.82, 2.24) is 4.90 Å². The summed E-state index contributed by atoms with van der Waals surface area (Å²) in [6.07, 6.45) is 4.26. The number of hydrogen-bond acceptors (Lipinski definition) is 2. The van der Waals surface area contributed by atoms with Crippen LogP contribution in [0.25, 0.3) is 0 Å². The van der Waals surface area contributed by atoms with E-state index >= 15 is 0 Å². The fraction of sp³-hybridized carbons (Fsp3) is 0.632. The highest BCUT2D eigenvalue weighted by molar-refractivity contribution is 6.31. The molecule has 2 aliphatic rings. The number of benzene rings is 1. The zero-order valence-electron chi connectivity index (χ0n) is 14.5. The monoisotopic (exact) mass is 349 g/mol. The van der Waals surface area contributed by atoms with Crippen molar-refractivity contribution in [1.29, 1.82) is 0 Å². The average molecular weight is 350 g/mol. The maximum atomic E-state index is 6.50. The van der Waals surface area contributed by atoms with Crippen LogP contribution in [-0.4, -0.2) is 43.7 Å². The molecular formula is C19H28ClN3O. The lowest BCUT2D eigenvalue weighted by Crippen LogP contribution is -2.44. The van der Waals surface area contributed by atoms with Crippen LogP contribution in [0.15, 0.2) is 29.3 Å². The molecular weight excluding hydrogens is 322 g/mol. The third kappa shape index (κ3) is 3.86. The smallest absolute Gasteiger partial charge is 0.191 e. The van der Waals surface area contributed by atoms with Crippen molar-refractivity contribution in [3.8, 4) is 0 Å². The van der Waals surface area contributed by atoms with Gasteiger partial charge in [-0.15, -0.1) is 0 Å². The van der Waals surface area contributed by atoms with Gasteiger partial charge in [-0.2, -0.15) is 0 Å². The van der Waals surface area contributed by atoms with Gasteiger partial charge in [0.05, 0.1) is 6.54 Å². The number of aliphatic imine (C=N–C) groups is 1. The SMILES string of the molecule is CC1CCN(C(N)=NCC2(c3ccccc3Cl)CCOCC2)CC1. The van der Waals surface area contributed by atoms with Crippen molar-refractivity contribution < 1.29 is 4.74 Å². The fourth-order valence-electron chi connectivity index (χ4n) is 3.74. The number of rotatable bonds is 3. The van der Waals surface area contributed by atoms with Gasteiger partial charge in [0.25, 0.3) is 0 Å². The Hall–Kier alpha value is -1.26. The van der Waals surface area contributed by atoms with Gasteiger partial charge in [-0.25, -0.2) is 0 Å². The second kappa shape index (κ2) is 7.75. The van der Waals surface area contributed by atoms with Crippen molar-refractivity contribution in [3.05, 3.63) is 34.9 Å². The molecule has 3 rings (SSSR count). The Kier molecular flexibility index (Phi) is 5.67. The van der Waals surface area contributed by atoms with Crippen molar-refractivity contribution in [3.63, 3.8) is 0 Å². The quantitative estimate of drug-likeness (QED) is 0.671. The minimum Gasteiger partial charge on any atom is -0.381 e. The topological polar surface area (TPSA) is 50.8 Å². The van der Waals surface area contributed by atoms with Crippen molar-refractivity contribution in [2.75, 3.05) is 32.8 Å². The van der Waals surface area contributed by atoms with Crippen LogP contribution in [0, 0.1) is 5.92 Å². The minimum atomic E-state index is -0.0652. The van der Waals surface area contributed by atoms with Crippen LogP contribution in [-0.2, 0) is 10.2 Å². The summed E-state index contributed by atoms with van der Waals surface area (Å²) in [5.41, 5.74) is 7.41. The molecule has 0 bridgehead atoms. The van der Waals surface area contributed by atoms with E-state index in [9.17, 15) is 0 Å².